The highest BCUT2D eigenvalue weighted by molar-refractivity contribution is 6.16. The minimum absolute atomic E-state index is 0.0279. The molecule has 0 spiro atoms. The van der Waals surface area contributed by atoms with Crippen molar-refractivity contribution in [3.63, 3.8) is 0 Å². The topological polar surface area (TPSA) is 160 Å². The third kappa shape index (κ3) is 7.47. The van der Waals surface area contributed by atoms with Crippen molar-refractivity contribution in [2.45, 2.75) is 19.3 Å². The fraction of sp³-hybridized carbons (Fsp3) is 0.250. The number of benzene rings is 3. The number of carbonyl (C=O) groups is 3. The molecule has 4 aromatic rings. The van der Waals surface area contributed by atoms with Crippen molar-refractivity contribution in [2.75, 3.05) is 37.4 Å². The van der Waals surface area contributed by atoms with E-state index in [0.717, 1.165) is 6.07 Å². The van der Waals surface area contributed by atoms with Crippen molar-refractivity contribution in [1.29, 1.82) is 0 Å². The Balaban J connectivity index is 1.23. The second kappa shape index (κ2) is 14.2. The van der Waals surface area contributed by atoms with E-state index >= 15 is 4.39 Å². The molecule has 0 bridgehead atoms. The predicted octanol–water partition coefficient (Wildman–Crippen LogP) is 4.54. The molecular formula is C32H31F2N5O7. The largest absolute Gasteiger partial charge is 0.493 e. The van der Waals surface area contributed by atoms with Gasteiger partial charge in [0, 0.05) is 35.1 Å². The van der Waals surface area contributed by atoms with E-state index in [1.165, 1.54) is 49.7 Å². The molecule has 46 heavy (non-hydrogen) atoms. The van der Waals surface area contributed by atoms with Gasteiger partial charge in [0.2, 0.25) is 11.8 Å². The van der Waals surface area contributed by atoms with Crippen LogP contribution in [0.25, 0.3) is 10.9 Å². The van der Waals surface area contributed by atoms with Gasteiger partial charge >= 0.3 is 0 Å². The average Bonchev–Trinajstić information content (AvgIpc) is 3.87. The Morgan fingerprint density at radius 1 is 0.891 bits per heavy atom. The molecule has 1 fully saturated rings. The number of ether oxygens (including phenoxy) is 3. The van der Waals surface area contributed by atoms with Crippen LogP contribution >= 0.6 is 0 Å². The molecule has 14 heteroatoms. The zero-order valence-electron chi connectivity index (χ0n) is 24.7. The molecule has 0 aliphatic heterocycles. The number of methoxy groups -OCH3 is 1. The summed E-state index contributed by atoms with van der Waals surface area (Å²) in [6.07, 6.45) is 2.71. The van der Waals surface area contributed by atoms with E-state index in [1.54, 1.807) is 23.7 Å². The zero-order valence-corrected chi connectivity index (χ0v) is 24.7. The van der Waals surface area contributed by atoms with Gasteiger partial charge in [-0.05, 0) is 74.3 Å². The number of hydroxylamine groups is 1. The van der Waals surface area contributed by atoms with Gasteiger partial charge in [-0.15, -0.1) is 0 Å². The second-order valence-electron chi connectivity index (χ2n) is 10.5. The number of fused-ring (bicyclic) bond motifs is 1. The third-order valence-corrected chi connectivity index (χ3v) is 7.28. The highest BCUT2D eigenvalue weighted by Gasteiger charge is 2.56. The van der Waals surface area contributed by atoms with Gasteiger partial charge in [0.25, 0.3) is 5.91 Å². The maximum absolute atomic E-state index is 15.2. The number of carbonyl (C=O) groups excluding carboxylic acids is 3. The van der Waals surface area contributed by atoms with Crippen molar-refractivity contribution in [3.8, 4) is 23.0 Å². The molecule has 1 aromatic heterocycles. The van der Waals surface area contributed by atoms with Gasteiger partial charge < -0.3 is 30.2 Å². The first-order valence-corrected chi connectivity index (χ1v) is 14.3. The molecule has 12 nitrogen and oxygen atoms in total. The SMILES string of the molecule is COc1cc2c(Oc3ccc(NC(=O)C4(C(=O)Nc5ccc(F)cc5)CC4)cc3F)ccnc2cc1OCCCNCC(=O)NO. The average molecular weight is 636 g/mol. The highest BCUT2D eigenvalue weighted by Crippen LogP contribution is 2.47. The Hall–Kier alpha value is -5.34. The summed E-state index contributed by atoms with van der Waals surface area (Å²) in [6, 6.07) is 14.0. The van der Waals surface area contributed by atoms with Crippen molar-refractivity contribution >= 4 is 40.0 Å². The number of nitrogens with zero attached hydrogens (tertiary/aromatic N) is 1. The molecule has 0 radical (unpaired) electrons. The maximum atomic E-state index is 15.2. The molecule has 3 amide bonds. The van der Waals surface area contributed by atoms with E-state index < -0.39 is 34.8 Å². The Morgan fingerprint density at radius 2 is 1.61 bits per heavy atom. The zero-order chi connectivity index (χ0) is 32.7. The fourth-order valence-corrected chi connectivity index (χ4v) is 4.61. The van der Waals surface area contributed by atoms with Crippen LogP contribution in [0.5, 0.6) is 23.0 Å². The van der Waals surface area contributed by atoms with Crippen molar-refractivity contribution in [2.24, 2.45) is 5.41 Å². The summed E-state index contributed by atoms with van der Waals surface area (Å²) in [5, 5.41) is 17.2. The van der Waals surface area contributed by atoms with Gasteiger partial charge in [-0.2, -0.15) is 0 Å². The second-order valence-corrected chi connectivity index (χ2v) is 10.5. The summed E-state index contributed by atoms with van der Waals surface area (Å²) in [4.78, 5) is 41.3. The van der Waals surface area contributed by atoms with Gasteiger partial charge in [0.1, 0.15) is 17.0 Å². The summed E-state index contributed by atoms with van der Waals surface area (Å²) in [7, 11) is 1.48. The summed E-state index contributed by atoms with van der Waals surface area (Å²) < 4.78 is 45.6. The molecule has 240 valence electrons. The fourth-order valence-electron chi connectivity index (χ4n) is 4.61. The van der Waals surface area contributed by atoms with Crippen LogP contribution in [0.15, 0.2) is 66.9 Å². The molecule has 1 aliphatic rings. The summed E-state index contributed by atoms with van der Waals surface area (Å²) in [5.74, 6) is -1.82. The lowest BCUT2D eigenvalue weighted by Crippen LogP contribution is -2.35. The van der Waals surface area contributed by atoms with Crippen LogP contribution in [0.4, 0.5) is 20.2 Å². The first kappa shape index (κ1) is 32.1. The van der Waals surface area contributed by atoms with Crippen molar-refractivity contribution in [1.82, 2.24) is 15.8 Å². The number of amides is 3. The normalized spacial score (nSPS) is 13.0. The van der Waals surface area contributed by atoms with Gasteiger partial charge in [-0.3, -0.25) is 24.6 Å². The van der Waals surface area contributed by atoms with Crippen LogP contribution in [-0.4, -0.2) is 54.7 Å². The third-order valence-electron chi connectivity index (χ3n) is 7.28. The smallest absolute Gasteiger partial charge is 0.257 e. The summed E-state index contributed by atoms with van der Waals surface area (Å²) in [5.41, 5.74) is 1.25. The van der Waals surface area contributed by atoms with E-state index in [-0.39, 0.29) is 18.0 Å². The Morgan fingerprint density at radius 3 is 2.28 bits per heavy atom. The predicted molar refractivity (Wildman–Crippen MR) is 163 cm³/mol. The van der Waals surface area contributed by atoms with Crippen LogP contribution < -0.4 is 35.6 Å². The van der Waals surface area contributed by atoms with Gasteiger partial charge in [-0.25, -0.2) is 14.3 Å². The molecule has 0 atom stereocenters. The van der Waals surface area contributed by atoms with Gasteiger partial charge in [-0.1, -0.05) is 0 Å². The van der Waals surface area contributed by atoms with Crippen LogP contribution in [0.2, 0.25) is 0 Å². The lowest BCUT2D eigenvalue weighted by Gasteiger charge is -2.16. The molecule has 0 saturated heterocycles. The molecule has 0 unspecified atom stereocenters. The Kier molecular flexibility index (Phi) is 9.88. The van der Waals surface area contributed by atoms with E-state index in [1.807, 2.05) is 0 Å². The number of hydrogen-bond donors (Lipinski definition) is 5. The molecule has 1 heterocycles. The molecule has 3 aromatic carbocycles. The van der Waals surface area contributed by atoms with Crippen LogP contribution in [-0.2, 0) is 14.4 Å². The first-order chi connectivity index (χ1) is 22.2. The van der Waals surface area contributed by atoms with Crippen molar-refractivity contribution in [3.05, 3.63) is 78.5 Å². The number of halogens is 2. The van der Waals surface area contributed by atoms with Gasteiger partial charge in [0.15, 0.2) is 23.1 Å². The number of pyridine rings is 1. The molecule has 1 saturated carbocycles. The minimum Gasteiger partial charge on any atom is -0.493 e. The van der Waals surface area contributed by atoms with E-state index in [9.17, 15) is 18.8 Å². The summed E-state index contributed by atoms with van der Waals surface area (Å²) in [6.45, 7) is 0.751. The van der Waals surface area contributed by atoms with Crippen LogP contribution in [0, 0.1) is 17.0 Å². The molecular weight excluding hydrogens is 604 g/mol. The van der Waals surface area contributed by atoms with E-state index in [2.05, 4.69) is 20.9 Å². The quantitative estimate of drug-likeness (QED) is 0.0580. The number of rotatable bonds is 14. The number of nitrogens with one attached hydrogen (secondary N) is 4. The lowest BCUT2D eigenvalue weighted by atomic mass is 10.0. The molecule has 5 rings (SSSR count). The van der Waals surface area contributed by atoms with Crippen LogP contribution in [0.1, 0.15) is 19.3 Å². The first-order valence-electron chi connectivity index (χ1n) is 14.3. The van der Waals surface area contributed by atoms with Crippen LogP contribution in [0.3, 0.4) is 0 Å². The van der Waals surface area contributed by atoms with Gasteiger partial charge in [0.05, 0.1) is 25.8 Å². The van der Waals surface area contributed by atoms with E-state index in [4.69, 9.17) is 19.4 Å². The summed E-state index contributed by atoms with van der Waals surface area (Å²) >= 11 is 0. The Labute approximate surface area is 262 Å². The highest BCUT2D eigenvalue weighted by atomic mass is 19.1. The molecule has 5 N–H and O–H groups in total. The monoisotopic (exact) mass is 635 g/mol. The maximum Gasteiger partial charge on any atom is 0.257 e. The number of anilines is 2. The van der Waals surface area contributed by atoms with Crippen molar-refractivity contribution < 1.29 is 42.6 Å². The minimum atomic E-state index is -1.30. The van der Waals surface area contributed by atoms with E-state index in [0.29, 0.717) is 66.3 Å². The Bertz CT molecular complexity index is 1750. The number of aromatic nitrogens is 1. The number of hydrogen-bond acceptors (Lipinski definition) is 9. The standard InChI is InChI=1S/C32H31F2N5O7/c1-44-27-16-22-24(17-28(27)45-14-2-12-35-18-29(40)39-43)36-13-9-25(22)46-26-8-7-21(15-23(26)34)38-31(42)32(10-11-32)30(41)37-20-5-3-19(33)4-6-20/h3-9,13,15-17,35,43H,2,10-12,14,18H2,1H3,(H,37,41)(H,38,42)(H,39,40). The molecule has 1 aliphatic carbocycles. The lowest BCUT2D eigenvalue weighted by molar-refractivity contribution is -0.131.